The Labute approximate surface area is 127 Å². The van der Waals surface area contributed by atoms with Crippen LogP contribution in [0.1, 0.15) is 39.0 Å². The third-order valence-corrected chi connectivity index (χ3v) is 4.23. The number of carboxylic acids is 1. The first-order chi connectivity index (χ1) is 9.87. The molecule has 132 valence electrons. The smallest absolute Gasteiger partial charge is 0.459 e. The van der Waals surface area contributed by atoms with E-state index in [1.165, 1.54) is 0 Å². The maximum atomic E-state index is 13.0. The van der Waals surface area contributed by atoms with Crippen molar-refractivity contribution >= 4 is 17.7 Å². The summed E-state index contributed by atoms with van der Waals surface area (Å²) in [5.74, 6) is -12.7. The quantitative estimate of drug-likeness (QED) is 0.442. The van der Waals surface area contributed by atoms with E-state index in [0.717, 1.165) is 18.2 Å². The number of halogens is 7. The lowest BCUT2D eigenvalue weighted by Crippen LogP contribution is -2.51. The topological polar surface area (TPSA) is 37.3 Å². The summed E-state index contributed by atoms with van der Waals surface area (Å²) in [5, 5.41) is 7.98. The Bertz CT molecular complexity index is 358. The summed E-state index contributed by atoms with van der Waals surface area (Å²) in [5.41, 5.74) is 0. The monoisotopic (exact) mass is 358 g/mol. The number of carbonyl (C=O) groups is 1. The number of thioether (sulfide) groups is 1. The van der Waals surface area contributed by atoms with Gasteiger partial charge in [0.15, 0.2) is 0 Å². The Kier molecular flexibility index (Phi) is 8.01. The lowest BCUT2D eigenvalue weighted by Gasteiger charge is -2.28. The van der Waals surface area contributed by atoms with Gasteiger partial charge in [-0.1, -0.05) is 19.8 Å². The Morgan fingerprint density at radius 3 is 2.05 bits per heavy atom. The number of hydrogen-bond donors (Lipinski definition) is 1. The van der Waals surface area contributed by atoms with Crippen LogP contribution in [0.5, 0.6) is 0 Å². The summed E-state index contributed by atoms with van der Waals surface area (Å²) in [4.78, 5) is 10.8. The lowest BCUT2D eigenvalue weighted by molar-refractivity contribution is -0.355. The van der Waals surface area contributed by atoms with Crippen LogP contribution < -0.4 is 0 Å². The molecule has 0 aliphatic heterocycles. The van der Waals surface area contributed by atoms with Crippen molar-refractivity contribution < 1.29 is 40.6 Å². The molecule has 1 atom stereocenters. The highest BCUT2D eigenvalue weighted by atomic mass is 32.2. The average molecular weight is 358 g/mol. The van der Waals surface area contributed by atoms with Crippen LogP contribution in [0.4, 0.5) is 30.7 Å². The molecule has 0 amide bonds. The highest BCUT2D eigenvalue weighted by molar-refractivity contribution is 8.00. The van der Waals surface area contributed by atoms with E-state index in [4.69, 9.17) is 5.11 Å². The zero-order chi connectivity index (χ0) is 17.6. The van der Waals surface area contributed by atoms with E-state index in [0.29, 0.717) is 6.42 Å². The summed E-state index contributed by atoms with van der Waals surface area (Å²) in [6.45, 7) is 1.82. The van der Waals surface area contributed by atoms with Crippen molar-refractivity contribution in [1.82, 2.24) is 0 Å². The van der Waals surface area contributed by atoms with E-state index < -0.39 is 42.1 Å². The summed E-state index contributed by atoms with van der Waals surface area (Å²) in [7, 11) is 0. The molecular formula is C12H17F7O2S. The van der Waals surface area contributed by atoms with Crippen molar-refractivity contribution in [3.63, 3.8) is 0 Å². The fourth-order valence-electron chi connectivity index (χ4n) is 1.55. The van der Waals surface area contributed by atoms with Gasteiger partial charge in [0.25, 0.3) is 0 Å². The molecule has 2 nitrogen and oxygen atoms in total. The van der Waals surface area contributed by atoms with Gasteiger partial charge in [0.1, 0.15) is 5.25 Å². The van der Waals surface area contributed by atoms with E-state index in [9.17, 15) is 35.5 Å². The number of hydrogen-bond acceptors (Lipinski definition) is 2. The largest absolute Gasteiger partial charge is 0.480 e. The van der Waals surface area contributed by atoms with Gasteiger partial charge in [0, 0.05) is 6.42 Å². The molecule has 0 spiro atoms. The highest BCUT2D eigenvalue weighted by Crippen LogP contribution is 2.48. The normalized spacial score (nSPS) is 14.9. The van der Waals surface area contributed by atoms with Crippen molar-refractivity contribution in [2.75, 3.05) is 5.75 Å². The van der Waals surface area contributed by atoms with E-state index >= 15 is 0 Å². The van der Waals surface area contributed by atoms with Gasteiger partial charge in [0.2, 0.25) is 0 Å². The Morgan fingerprint density at radius 2 is 1.64 bits per heavy atom. The van der Waals surface area contributed by atoms with Gasteiger partial charge in [0.05, 0.1) is 0 Å². The van der Waals surface area contributed by atoms with Gasteiger partial charge in [-0.3, -0.25) is 4.79 Å². The molecule has 0 radical (unpaired) electrons. The molecule has 22 heavy (non-hydrogen) atoms. The second-order valence-electron chi connectivity index (χ2n) is 4.72. The Balaban J connectivity index is 4.42. The van der Waals surface area contributed by atoms with Crippen molar-refractivity contribution in [3.8, 4) is 0 Å². The van der Waals surface area contributed by atoms with Crippen molar-refractivity contribution in [2.24, 2.45) is 0 Å². The minimum atomic E-state index is -6.33. The minimum absolute atomic E-state index is 0.232. The van der Waals surface area contributed by atoms with E-state index in [-0.39, 0.29) is 12.2 Å². The molecule has 0 rings (SSSR count). The Hall–Kier alpha value is -0.670. The van der Waals surface area contributed by atoms with E-state index in [2.05, 4.69) is 0 Å². The second-order valence-corrected chi connectivity index (χ2v) is 6.03. The summed E-state index contributed by atoms with van der Waals surface area (Å²) in [6.07, 6.45) is -7.03. The number of aliphatic carboxylic acids is 1. The fraction of sp³-hybridized carbons (Fsp3) is 0.917. The van der Waals surface area contributed by atoms with Gasteiger partial charge in [-0.05, 0) is 18.6 Å². The van der Waals surface area contributed by atoms with E-state index in [1.807, 2.05) is 6.92 Å². The minimum Gasteiger partial charge on any atom is -0.480 e. The number of unbranched alkanes of at least 4 members (excludes halogenated alkanes) is 1. The first-order valence-electron chi connectivity index (χ1n) is 6.53. The third kappa shape index (κ3) is 5.85. The van der Waals surface area contributed by atoms with Crippen LogP contribution in [-0.2, 0) is 4.79 Å². The first-order valence-corrected chi connectivity index (χ1v) is 7.58. The Morgan fingerprint density at radius 1 is 1.09 bits per heavy atom. The van der Waals surface area contributed by atoms with Crippen LogP contribution in [0.2, 0.25) is 0 Å². The van der Waals surface area contributed by atoms with Crippen molar-refractivity contribution in [2.45, 2.75) is 62.3 Å². The molecule has 0 fully saturated rings. The van der Waals surface area contributed by atoms with Crippen LogP contribution in [-0.4, -0.2) is 40.1 Å². The molecule has 0 saturated carbocycles. The van der Waals surface area contributed by atoms with Crippen LogP contribution in [0.15, 0.2) is 0 Å². The molecule has 0 aromatic rings. The molecule has 0 bridgehead atoms. The highest BCUT2D eigenvalue weighted by Gasteiger charge is 2.72. The number of carboxylic acid groups (broad SMARTS) is 1. The fourth-order valence-corrected chi connectivity index (χ4v) is 2.62. The summed E-state index contributed by atoms with van der Waals surface area (Å²) in [6, 6.07) is 0. The molecule has 0 aromatic heterocycles. The van der Waals surface area contributed by atoms with Gasteiger partial charge < -0.3 is 5.11 Å². The second kappa shape index (κ2) is 8.26. The molecule has 1 N–H and O–H groups in total. The summed E-state index contributed by atoms with van der Waals surface area (Å²) >= 11 is 0.769. The zero-order valence-corrected chi connectivity index (χ0v) is 12.5. The van der Waals surface area contributed by atoms with Crippen LogP contribution in [0.25, 0.3) is 0 Å². The average Bonchev–Trinajstić information content (AvgIpc) is 2.35. The number of alkyl halides is 7. The predicted octanol–water partition coefficient (Wildman–Crippen LogP) is 4.98. The third-order valence-electron chi connectivity index (χ3n) is 2.86. The molecule has 0 aliphatic rings. The zero-order valence-electron chi connectivity index (χ0n) is 11.7. The molecule has 0 aromatic carbocycles. The van der Waals surface area contributed by atoms with Gasteiger partial charge in [-0.25, -0.2) is 0 Å². The standard InChI is InChI=1S/C12H17F7O2S/c1-2-3-5-8(9(20)21)22-7-4-6-10(13,14)11(15,16)12(17,18)19/h8H,2-7H2,1H3,(H,20,21). The molecule has 0 aliphatic carbocycles. The van der Waals surface area contributed by atoms with Crippen molar-refractivity contribution in [3.05, 3.63) is 0 Å². The lowest BCUT2D eigenvalue weighted by atomic mass is 10.1. The van der Waals surface area contributed by atoms with Crippen LogP contribution in [0.3, 0.4) is 0 Å². The van der Waals surface area contributed by atoms with Crippen LogP contribution >= 0.6 is 11.8 Å². The molecule has 0 heterocycles. The van der Waals surface area contributed by atoms with E-state index in [1.54, 1.807) is 0 Å². The number of rotatable bonds is 10. The maximum Gasteiger partial charge on any atom is 0.459 e. The molecular weight excluding hydrogens is 341 g/mol. The van der Waals surface area contributed by atoms with Crippen molar-refractivity contribution in [1.29, 1.82) is 0 Å². The first kappa shape index (κ1) is 21.3. The predicted molar refractivity (Wildman–Crippen MR) is 68.6 cm³/mol. The van der Waals surface area contributed by atoms with Gasteiger partial charge in [-0.2, -0.15) is 30.7 Å². The van der Waals surface area contributed by atoms with Gasteiger partial charge in [-0.15, -0.1) is 11.8 Å². The summed E-state index contributed by atoms with van der Waals surface area (Å²) < 4.78 is 86.9. The molecule has 0 saturated heterocycles. The molecule has 1 unspecified atom stereocenters. The van der Waals surface area contributed by atoms with Crippen LogP contribution in [0, 0.1) is 0 Å². The molecule has 10 heteroatoms. The van der Waals surface area contributed by atoms with Gasteiger partial charge >= 0.3 is 24.0 Å². The SMILES string of the molecule is CCCCC(SCCCC(F)(F)C(F)(F)C(F)(F)F)C(=O)O. The maximum absolute atomic E-state index is 13.0.